The normalized spacial score (nSPS) is 9.75. The Hall–Kier alpha value is -0.640. The Kier molecular flexibility index (Phi) is 1.17. The average molecular weight is 128 g/mol. The lowest BCUT2D eigenvalue weighted by Crippen LogP contribution is -1.89. The molecule has 0 aliphatic heterocycles. The minimum Gasteiger partial charge on any atom is -0.237 e. The minimum atomic E-state index is 0.713. The van der Waals surface area contributed by atoms with E-state index in [0.29, 0.717) is 5.03 Å². The number of rotatable bonds is 0. The second-order valence-electron chi connectivity index (χ2n) is 1.60. The molecule has 0 bridgehead atoms. The van der Waals surface area contributed by atoms with Gasteiger partial charge in [-0.05, 0) is 6.92 Å². The van der Waals surface area contributed by atoms with E-state index in [1.54, 1.807) is 11.7 Å². The van der Waals surface area contributed by atoms with Gasteiger partial charge in [0.1, 0.15) is 5.03 Å². The van der Waals surface area contributed by atoms with E-state index in [1.165, 1.54) is 0 Å². The van der Waals surface area contributed by atoms with Crippen LogP contribution in [0.5, 0.6) is 0 Å². The van der Waals surface area contributed by atoms with Crippen molar-refractivity contribution in [3.05, 3.63) is 5.69 Å². The Morgan fingerprint density at radius 1 is 1.62 bits per heavy atom. The molecule has 0 amide bonds. The highest BCUT2D eigenvalue weighted by atomic mass is 32.1. The molecule has 1 aromatic heterocycles. The maximum atomic E-state index is 4.87. The third kappa shape index (κ3) is 0.667. The molecule has 1 radical (unpaired) electrons. The summed E-state index contributed by atoms with van der Waals surface area (Å²) >= 11 is 4.87. The fourth-order valence-corrected chi connectivity index (χ4v) is 0.529. The summed E-state index contributed by atoms with van der Waals surface area (Å²) in [6, 6.07) is 0. The van der Waals surface area contributed by atoms with Crippen molar-refractivity contribution < 1.29 is 0 Å². The molecule has 8 heavy (non-hydrogen) atoms. The van der Waals surface area contributed by atoms with Crippen LogP contribution in [-0.4, -0.2) is 15.0 Å². The summed E-state index contributed by atoms with van der Waals surface area (Å²) in [4.78, 5) is 0. The van der Waals surface area contributed by atoms with Crippen molar-refractivity contribution in [3.8, 4) is 0 Å². The van der Waals surface area contributed by atoms with Crippen LogP contribution in [0.4, 0.5) is 0 Å². The fourth-order valence-electron chi connectivity index (χ4n) is 0.452. The summed E-state index contributed by atoms with van der Waals surface area (Å²) in [7, 11) is 1.78. The Morgan fingerprint density at radius 2 is 2.25 bits per heavy atom. The van der Waals surface area contributed by atoms with Crippen molar-refractivity contribution in [1.82, 2.24) is 15.0 Å². The number of aryl methyl sites for hydroxylation is 2. The lowest BCUT2D eigenvalue weighted by atomic mass is 10.6. The monoisotopic (exact) mass is 128 g/mol. The molecule has 0 aliphatic carbocycles. The van der Waals surface area contributed by atoms with E-state index in [0.717, 1.165) is 5.69 Å². The zero-order valence-electron chi connectivity index (χ0n) is 4.75. The fraction of sp³-hybridized carbons (Fsp3) is 0.500. The van der Waals surface area contributed by atoms with Crippen LogP contribution in [0.25, 0.3) is 0 Å². The molecular weight excluding hydrogens is 122 g/mol. The molecule has 0 aromatic carbocycles. The van der Waals surface area contributed by atoms with Crippen LogP contribution in [-0.2, 0) is 7.05 Å². The topological polar surface area (TPSA) is 30.7 Å². The number of aromatic nitrogens is 3. The molecule has 0 atom stereocenters. The van der Waals surface area contributed by atoms with Gasteiger partial charge in [-0.15, -0.1) is 5.10 Å². The van der Waals surface area contributed by atoms with E-state index < -0.39 is 0 Å². The predicted octanol–water partition coefficient (Wildman–Crippen LogP) is 0.680. The van der Waals surface area contributed by atoms with E-state index in [4.69, 9.17) is 12.6 Å². The van der Waals surface area contributed by atoms with Crippen molar-refractivity contribution in [2.24, 2.45) is 7.05 Å². The van der Waals surface area contributed by atoms with Crippen LogP contribution in [0.3, 0.4) is 0 Å². The first-order valence-electron chi connectivity index (χ1n) is 2.25. The summed E-state index contributed by atoms with van der Waals surface area (Å²) < 4.78 is 1.57. The van der Waals surface area contributed by atoms with Gasteiger partial charge < -0.3 is 0 Å². The molecule has 1 heterocycles. The van der Waals surface area contributed by atoms with Crippen LogP contribution >= 0.6 is 12.6 Å². The van der Waals surface area contributed by atoms with Crippen LogP contribution in [0.1, 0.15) is 5.69 Å². The highest BCUT2D eigenvalue weighted by Gasteiger charge is 1.98. The Morgan fingerprint density at radius 3 is 2.38 bits per heavy atom. The zero-order valence-corrected chi connectivity index (χ0v) is 5.57. The van der Waals surface area contributed by atoms with E-state index in [9.17, 15) is 0 Å². The molecule has 0 aliphatic rings. The SMILES string of the molecule is Cc1nnn(C)c1[S]. The quantitative estimate of drug-likeness (QED) is 0.514. The van der Waals surface area contributed by atoms with Gasteiger partial charge in [0, 0.05) is 7.05 Å². The largest absolute Gasteiger partial charge is 0.237 e. The van der Waals surface area contributed by atoms with Crippen molar-refractivity contribution in [1.29, 1.82) is 0 Å². The standard InChI is InChI=1S/C4H6N3S/c1-3-4(8)7(2)6-5-3/h1-2H3. The van der Waals surface area contributed by atoms with Crippen molar-refractivity contribution in [2.45, 2.75) is 11.9 Å². The van der Waals surface area contributed by atoms with E-state index in [2.05, 4.69) is 10.3 Å². The minimum absolute atomic E-state index is 0.713. The molecule has 0 N–H and O–H groups in total. The number of nitrogens with zero attached hydrogens (tertiary/aromatic N) is 3. The Labute approximate surface area is 53.1 Å². The van der Waals surface area contributed by atoms with Gasteiger partial charge in [-0.2, -0.15) is 0 Å². The second kappa shape index (κ2) is 1.70. The lowest BCUT2D eigenvalue weighted by molar-refractivity contribution is 0.667. The third-order valence-electron chi connectivity index (χ3n) is 0.932. The van der Waals surface area contributed by atoms with Crippen molar-refractivity contribution in [2.75, 3.05) is 0 Å². The molecular formula is C4H6N3S. The van der Waals surface area contributed by atoms with E-state index in [1.807, 2.05) is 6.92 Å². The maximum absolute atomic E-state index is 4.87. The van der Waals surface area contributed by atoms with Gasteiger partial charge in [-0.1, -0.05) is 17.8 Å². The summed E-state index contributed by atoms with van der Waals surface area (Å²) in [5, 5.41) is 8.12. The van der Waals surface area contributed by atoms with E-state index >= 15 is 0 Å². The van der Waals surface area contributed by atoms with Gasteiger partial charge in [-0.25, -0.2) is 4.68 Å². The smallest absolute Gasteiger partial charge is 0.146 e. The Bertz CT molecular complexity index is 174. The number of hydrogen-bond acceptors (Lipinski definition) is 2. The molecule has 3 nitrogen and oxygen atoms in total. The predicted molar refractivity (Wildman–Crippen MR) is 31.6 cm³/mol. The van der Waals surface area contributed by atoms with Gasteiger partial charge in [-0.3, -0.25) is 0 Å². The van der Waals surface area contributed by atoms with Gasteiger partial charge in [0.25, 0.3) is 0 Å². The van der Waals surface area contributed by atoms with Crippen molar-refractivity contribution in [3.63, 3.8) is 0 Å². The summed E-state index contributed by atoms with van der Waals surface area (Å²) in [6.45, 7) is 1.84. The van der Waals surface area contributed by atoms with Gasteiger partial charge in [0.05, 0.1) is 5.69 Å². The first kappa shape index (κ1) is 5.50. The van der Waals surface area contributed by atoms with Gasteiger partial charge in [0.15, 0.2) is 0 Å². The van der Waals surface area contributed by atoms with Gasteiger partial charge >= 0.3 is 0 Å². The first-order valence-corrected chi connectivity index (χ1v) is 2.66. The van der Waals surface area contributed by atoms with Crippen molar-refractivity contribution >= 4 is 12.6 Å². The second-order valence-corrected chi connectivity index (χ2v) is 1.99. The number of hydrogen-bond donors (Lipinski definition) is 0. The molecule has 0 fully saturated rings. The zero-order chi connectivity index (χ0) is 6.15. The van der Waals surface area contributed by atoms with E-state index in [-0.39, 0.29) is 0 Å². The first-order chi connectivity index (χ1) is 3.72. The molecule has 1 rings (SSSR count). The lowest BCUT2D eigenvalue weighted by Gasteiger charge is -1.84. The average Bonchev–Trinajstić information content (AvgIpc) is 1.98. The highest BCUT2D eigenvalue weighted by molar-refractivity contribution is 7.80. The van der Waals surface area contributed by atoms with Crippen LogP contribution in [0.2, 0.25) is 0 Å². The molecule has 0 unspecified atom stereocenters. The van der Waals surface area contributed by atoms with Gasteiger partial charge in [0.2, 0.25) is 0 Å². The summed E-state index contributed by atoms with van der Waals surface area (Å²) in [6.07, 6.45) is 0. The molecule has 43 valence electrons. The third-order valence-corrected chi connectivity index (χ3v) is 1.49. The van der Waals surface area contributed by atoms with Crippen LogP contribution < -0.4 is 0 Å². The molecule has 0 saturated heterocycles. The molecule has 1 aromatic rings. The van der Waals surface area contributed by atoms with Crippen LogP contribution in [0, 0.1) is 6.92 Å². The molecule has 4 heteroatoms. The summed E-state index contributed by atoms with van der Waals surface area (Å²) in [5.74, 6) is 0. The van der Waals surface area contributed by atoms with Crippen LogP contribution in [0.15, 0.2) is 5.03 Å². The maximum Gasteiger partial charge on any atom is 0.146 e. The Balaban J connectivity index is 3.19. The highest BCUT2D eigenvalue weighted by Crippen LogP contribution is 2.05. The molecule has 0 spiro atoms. The molecule has 0 saturated carbocycles. The summed E-state index contributed by atoms with van der Waals surface area (Å²) in [5.41, 5.74) is 0.822.